The summed E-state index contributed by atoms with van der Waals surface area (Å²) in [6, 6.07) is 0.234. The molecule has 0 bridgehead atoms. The zero-order chi connectivity index (χ0) is 8.15. The molecule has 0 radical (unpaired) electrons. The van der Waals surface area contributed by atoms with Crippen molar-refractivity contribution >= 4 is 0 Å². The van der Waals surface area contributed by atoms with Crippen LogP contribution < -0.4 is 5.32 Å². The molecule has 0 amide bonds. The summed E-state index contributed by atoms with van der Waals surface area (Å²) in [6.07, 6.45) is 1.39. The minimum Gasteiger partial charge on any atom is -0.381 e. The van der Waals surface area contributed by atoms with E-state index in [0.29, 0.717) is 5.70 Å². The largest absolute Gasteiger partial charge is 0.381 e. The van der Waals surface area contributed by atoms with Crippen LogP contribution >= 0.6 is 0 Å². The van der Waals surface area contributed by atoms with Crippen LogP contribution in [-0.2, 0) is 0 Å². The van der Waals surface area contributed by atoms with Gasteiger partial charge >= 0.3 is 0 Å². The molecule has 0 aliphatic carbocycles. The van der Waals surface area contributed by atoms with E-state index >= 15 is 0 Å². The van der Waals surface area contributed by atoms with Crippen molar-refractivity contribution in [3.8, 4) is 0 Å². The maximum atomic E-state index is 12.6. The van der Waals surface area contributed by atoms with Crippen LogP contribution in [0.4, 0.5) is 4.39 Å². The third kappa shape index (κ3) is 3.28. The van der Waals surface area contributed by atoms with E-state index in [1.54, 1.807) is 6.92 Å². The lowest BCUT2D eigenvalue weighted by Crippen LogP contribution is -2.21. The first-order valence-electron chi connectivity index (χ1n) is 3.35. The van der Waals surface area contributed by atoms with Crippen molar-refractivity contribution < 1.29 is 4.39 Å². The van der Waals surface area contributed by atoms with Crippen LogP contribution in [0, 0.1) is 0 Å². The Hall–Kier alpha value is -0.790. The molecule has 0 aromatic rings. The van der Waals surface area contributed by atoms with Crippen molar-refractivity contribution in [2.24, 2.45) is 0 Å². The summed E-state index contributed by atoms with van der Waals surface area (Å²) in [5, 5.41) is 2.86. The summed E-state index contributed by atoms with van der Waals surface area (Å²) >= 11 is 0. The number of halogens is 1. The Balaban J connectivity index is 3.86. The summed E-state index contributed by atoms with van der Waals surface area (Å²) in [7, 11) is 0. The number of hydrogen-bond acceptors (Lipinski definition) is 1. The third-order valence-corrected chi connectivity index (χ3v) is 1.00. The van der Waals surface area contributed by atoms with E-state index in [1.807, 2.05) is 13.8 Å². The Bertz CT molecular complexity index is 147. The Morgan fingerprint density at radius 3 is 2.40 bits per heavy atom. The second-order valence-corrected chi connectivity index (χ2v) is 2.41. The van der Waals surface area contributed by atoms with Crippen molar-refractivity contribution in [1.82, 2.24) is 5.32 Å². The number of rotatable bonds is 3. The Labute approximate surface area is 61.6 Å². The fourth-order valence-corrected chi connectivity index (χ4v) is 0.592. The van der Waals surface area contributed by atoms with Gasteiger partial charge in [0.15, 0.2) is 0 Å². The Kier molecular flexibility index (Phi) is 3.77. The molecule has 0 atom stereocenters. The maximum Gasteiger partial charge on any atom is 0.141 e. The van der Waals surface area contributed by atoms with E-state index in [4.69, 9.17) is 0 Å². The van der Waals surface area contributed by atoms with Gasteiger partial charge in [-0.15, -0.1) is 0 Å². The topological polar surface area (TPSA) is 12.0 Å². The molecule has 0 saturated heterocycles. The molecule has 0 aliphatic heterocycles. The van der Waals surface area contributed by atoms with Crippen molar-refractivity contribution in [3.63, 3.8) is 0 Å². The Morgan fingerprint density at radius 2 is 2.10 bits per heavy atom. The van der Waals surface area contributed by atoms with Crippen LogP contribution in [0.1, 0.15) is 20.8 Å². The molecule has 0 heterocycles. The normalized spacial score (nSPS) is 11.9. The van der Waals surface area contributed by atoms with Crippen molar-refractivity contribution in [3.05, 3.63) is 24.2 Å². The average molecular weight is 143 g/mol. The fourth-order valence-electron chi connectivity index (χ4n) is 0.592. The fraction of sp³-hybridized carbons (Fsp3) is 0.500. The lowest BCUT2D eigenvalue weighted by Gasteiger charge is -2.10. The highest BCUT2D eigenvalue weighted by Crippen LogP contribution is 2.05. The lowest BCUT2D eigenvalue weighted by atomic mass is 10.3. The molecular weight excluding hydrogens is 129 g/mol. The highest BCUT2D eigenvalue weighted by Gasteiger charge is 1.99. The molecule has 10 heavy (non-hydrogen) atoms. The predicted molar refractivity (Wildman–Crippen MR) is 42.3 cm³/mol. The lowest BCUT2D eigenvalue weighted by molar-refractivity contribution is 0.589. The highest BCUT2D eigenvalue weighted by molar-refractivity contribution is 5.19. The SMILES string of the molecule is C=C(NC(C)C)/C(F)=C\C. The standard InChI is InChI=1S/C8H14FN/c1-5-8(9)7(4)10-6(2)3/h5-6,10H,4H2,1-3H3/b8-5+. The van der Waals surface area contributed by atoms with Gasteiger partial charge in [0, 0.05) is 6.04 Å². The van der Waals surface area contributed by atoms with Gasteiger partial charge in [0.1, 0.15) is 5.83 Å². The highest BCUT2D eigenvalue weighted by atomic mass is 19.1. The summed E-state index contributed by atoms with van der Waals surface area (Å²) in [5.74, 6) is -0.284. The zero-order valence-corrected chi connectivity index (χ0v) is 6.74. The number of hydrogen-bond donors (Lipinski definition) is 1. The van der Waals surface area contributed by atoms with Gasteiger partial charge < -0.3 is 5.32 Å². The van der Waals surface area contributed by atoms with E-state index in [9.17, 15) is 4.39 Å². The first kappa shape index (κ1) is 9.21. The van der Waals surface area contributed by atoms with Gasteiger partial charge in [-0.2, -0.15) is 0 Å². The van der Waals surface area contributed by atoms with Crippen LogP contribution in [0.5, 0.6) is 0 Å². The van der Waals surface area contributed by atoms with Gasteiger partial charge in [-0.3, -0.25) is 0 Å². The Morgan fingerprint density at radius 1 is 1.60 bits per heavy atom. The van der Waals surface area contributed by atoms with E-state index < -0.39 is 0 Å². The van der Waals surface area contributed by atoms with Gasteiger partial charge in [-0.05, 0) is 26.8 Å². The van der Waals surface area contributed by atoms with E-state index in [2.05, 4.69) is 11.9 Å². The summed E-state index contributed by atoms with van der Waals surface area (Å²) in [4.78, 5) is 0. The molecular formula is C8H14FN. The van der Waals surface area contributed by atoms with Crippen LogP contribution in [-0.4, -0.2) is 6.04 Å². The van der Waals surface area contributed by atoms with E-state index in [-0.39, 0.29) is 11.9 Å². The second-order valence-electron chi connectivity index (χ2n) is 2.41. The van der Waals surface area contributed by atoms with Crippen molar-refractivity contribution in [2.45, 2.75) is 26.8 Å². The van der Waals surface area contributed by atoms with Crippen LogP contribution in [0.2, 0.25) is 0 Å². The maximum absolute atomic E-state index is 12.6. The average Bonchev–Trinajstić information content (AvgIpc) is 1.85. The number of allylic oxidation sites excluding steroid dienone is 2. The quantitative estimate of drug-likeness (QED) is 0.598. The van der Waals surface area contributed by atoms with E-state index in [0.717, 1.165) is 0 Å². The minimum absolute atomic E-state index is 0.234. The third-order valence-electron chi connectivity index (χ3n) is 1.00. The molecule has 0 rings (SSSR count). The monoisotopic (exact) mass is 143 g/mol. The second kappa shape index (κ2) is 4.09. The molecule has 0 aromatic heterocycles. The van der Waals surface area contributed by atoms with E-state index in [1.165, 1.54) is 6.08 Å². The smallest absolute Gasteiger partial charge is 0.141 e. The van der Waals surface area contributed by atoms with Gasteiger partial charge in [-0.25, -0.2) is 4.39 Å². The molecule has 2 heteroatoms. The van der Waals surface area contributed by atoms with Gasteiger partial charge in [0.2, 0.25) is 0 Å². The molecule has 0 fully saturated rings. The van der Waals surface area contributed by atoms with Gasteiger partial charge in [0.05, 0.1) is 5.70 Å². The molecule has 0 aliphatic rings. The van der Waals surface area contributed by atoms with Crippen molar-refractivity contribution in [1.29, 1.82) is 0 Å². The summed E-state index contributed by atoms with van der Waals surface area (Å²) in [5.41, 5.74) is 0.359. The van der Waals surface area contributed by atoms with Crippen molar-refractivity contribution in [2.75, 3.05) is 0 Å². The molecule has 0 spiro atoms. The summed E-state index contributed by atoms with van der Waals surface area (Å²) < 4.78 is 12.6. The molecule has 0 unspecified atom stereocenters. The van der Waals surface area contributed by atoms with Crippen LogP contribution in [0.3, 0.4) is 0 Å². The first-order chi connectivity index (χ1) is 4.57. The molecule has 1 N–H and O–H groups in total. The minimum atomic E-state index is -0.284. The van der Waals surface area contributed by atoms with Crippen LogP contribution in [0.25, 0.3) is 0 Å². The molecule has 0 saturated carbocycles. The molecule has 1 nitrogen and oxygen atoms in total. The summed E-state index contributed by atoms with van der Waals surface area (Å²) in [6.45, 7) is 9.03. The van der Waals surface area contributed by atoms with Gasteiger partial charge in [0.25, 0.3) is 0 Å². The van der Waals surface area contributed by atoms with Crippen LogP contribution in [0.15, 0.2) is 24.2 Å². The first-order valence-corrected chi connectivity index (χ1v) is 3.35. The molecule has 58 valence electrons. The zero-order valence-electron chi connectivity index (χ0n) is 6.74. The predicted octanol–water partition coefficient (Wildman–Crippen LogP) is 2.37. The molecule has 0 aromatic carbocycles. The number of nitrogens with one attached hydrogen (secondary N) is 1. The van der Waals surface area contributed by atoms with Gasteiger partial charge in [-0.1, -0.05) is 6.58 Å².